The molecule has 2 rings (SSSR count). The molecule has 1 aromatic carbocycles. The highest BCUT2D eigenvalue weighted by Crippen LogP contribution is 2.21. The molecule has 5 nitrogen and oxygen atoms in total. The fourth-order valence-corrected chi connectivity index (χ4v) is 3.17. The van der Waals surface area contributed by atoms with Crippen LogP contribution in [-0.2, 0) is 0 Å². The van der Waals surface area contributed by atoms with Crippen molar-refractivity contribution >= 4 is 17.3 Å². The van der Waals surface area contributed by atoms with Crippen LogP contribution in [0.25, 0.3) is 0 Å². The number of thiophene rings is 1. The first-order valence-electron chi connectivity index (χ1n) is 8.51. The maximum absolute atomic E-state index is 10.4. The molecule has 0 saturated carbocycles. The Hall–Kier alpha value is -2.05. The first-order valence-corrected chi connectivity index (χ1v) is 9.39. The van der Waals surface area contributed by atoms with E-state index in [1.807, 2.05) is 31.2 Å². The highest BCUT2D eigenvalue weighted by atomic mass is 32.1. The van der Waals surface area contributed by atoms with Gasteiger partial charge in [-0.3, -0.25) is 4.99 Å². The SMILES string of the molecule is CCNC(=NCC(C)c1cccs1)NCC(O)c1cccc(OC)c1. The Bertz CT molecular complexity index is 658. The average Bonchev–Trinajstić information content (AvgIpc) is 3.18. The van der Waals surface area contributed by atoms with E-state index in [0.29, 0.717) is 25.0 Å². The first-order chi connectivity index (χ1) is 12.1. The Labute approximate surface area is 153 Å². The number of aliphatic hydroxyl groups excluding tert-OH is 1. The van der Waals surface area contributed by atoms with E-state index in [0.717, 1.165) is 17.9 Å². The maximum Gasteiger partial charge on any atom is 0.191 e. The number of methoxy groups -OCH3 is 1. The average molecular weight is 362 g/mol. The predicted octanol–water partition coefficient (Wildman–Crippen LogP) is 3.15. The van der Waals surface area contributed by atoms with Crippen LogP contribution in [0.1, 0.15) is 36.3 Å². The second-order valence-electron chi connectivity index (χ2n) is 5.81. The van der Waals surface area contributed by atoms with Gasteiger partial charge in [0.25, 0.3) is 0 Å². The van der Waals surface area contributed by atoms with Crippen LogP contribution in [0.15, 0.2) is 46.8 Å². The molecule has 6 heteroatoms. The predicted molar refractivity (Wildman–Crippen MR) is 105 cm³/mol. The summed E-state index contributed by atoms with van der Waals surface area (Å²) in [6.45, 7) is 6.05. The molecule has 2 atom stereocenters. The van der Waals surface area contributed by atoms with Crippen molar-refractivity contribution in [2.24, 2.45) is 4.99 Å². The highest BCUT2D eigenvalue weighted by molar-refractivity contribution is 7.10. The quantitative estimate of drug-likeness (QED) is 0.499. The number of benzene rings is 1. The van der Waals surface area contributed by atoms with Gasteiger partial charge in [-0.25, -0.2) is 0 Å². The van der Waals surface area contributed by atoms with Gasteiger partial charge < -0.3 is 20.5 Å². The van der Waals surface area contributed by atoms with Crippen LogP contribution in [0, 0.1) is 0 Å². The highest BCUT2D eigenvalue weighted by Gasteiger charge is 2.10. The van der Waals surface area contributed by atoms with Crippen molar-refractivity contribution in [1.82, 2.24) is 10.6 Å². The fourth-order valence-electron chi connectivity index (χ4n) is 2.39. The van der Waals surface area contributed by atoms with Gasteiger partial charge in [-0.2, -0.15) is 0 Å². The van der Waals surface area contributed by atoms with E-state index < -0.39 is 6.10 Å². The van der Waals surface area contributed by atoms with Crippen LogP contribution >= 0.6 is 11.3 Å². The zero-order chi connectivity index (χ0) is 18.1. The van der Waals surface area contributed by atoms with Gasteiger partial charge in [-0.15, -0.1) is 11.3 Å². The molecule has 3 N–H and O–H groups in total. The molecule has 25 heavy (non-hydrogen) atoms. The molecule has 1 aromatic heterocycles. The minimum absolute atomic E-state index is 0.374. The molecule has 0 fully saturated rings. The van der Waals surface area contributed by atoms with Gasteiger partial charge in [-0.1, -0.05) is 25.1 Å². The topological polar surface area (TPSA) is 65.9 Å². The summed E-state index contributed by atoms with van der Waals surface area (Å²) in [5.41, 5.74) is 0.814. The van der Waals surface area contributed by atoms with E-state index in [9.17, 15) is 5.11 Å². The molecular formula is C19H27N3O2S. The van der Waals surface area contributed by atoms with Gasteiger partial charge in [0.15, 0.2) is 5.96 Å². The lowest BCUT2D eigenvalue weighted by molar-refractivity contribution is 0.180. The summed E-state index contributed by atoms with van der Waals surface area (Å²) >= 11 is 1.75. The molecule has 2 unspecified atom stereocenters. The lowest BCUT2D eigenvalue weighted by atomic mass is 10.1. The number of aliphatic imine (C=N–C) groups is 1. The second kappa shape index (κ2) is 10.1. The van der Waals surface area contributed by atoms with Crippen molar-refractivity contribution in [1.29, 1.82) is 0 Å². The summed E-state index contributed by atoms with van der Waals surface area (Å²) in [5.74, 6) is 1.83. The molecule has 0 saturated heterocycles. The summed E-state index contributed by atoms with van der Waals surface area (Å²) in [4.78, 5) is 5.96. The summed E-state index contributed by atoms with van der Waals surface area (Å²) in [7, 11) is 1.62. The van der Waals surface area contributed by atoms with Crippen LogP contribution in [-0.4, -0.2) is 37.8 Å². The number of hydrogen-bond acceptors (Lipinski definition) is 4. The third kappa shape index (κ3) is 6.07. The Morgan fingerprint density at radius 3 is 2.80 bits per heavy atom. The summed E-state index contributed by atoms with van der Waals surface area (Å²) in [5, 5.41) is 18.9. The molecule has 0 aliphatic rings. The molecule has 0 aliphatic carbocycles. The summed E-state index contributed by atoms with van der Waals surface area (Å²) < 4.78 is 5.20. The van der Waals surface area contributed by atoms with Crippen molar-refractivity contribution < 1.29 is 9.84 Å². The van der Waals surface area contributed by atoms with Crippen molar-refractivity contribution in [3.63, 3.8) is 0 Å². The van der Waals surface area contributed by atoms with E-state index in [1.165, 1.54) is 4.88 Å². The third-order valence-corrected chi connectivity index (χ3v) is 4.94. The standard InChI is InChI=1S/C19H27N3O2S/c1-4-20-19(21-12-14(2)18-9-6-10-25-18)22-13-17(23)15-7-5-8-16(11-15)24-3/h5-11,14,17,23H,4,12-13H2,1-3H3,(H2,20,21,22). The fraction of sp³-hybridized carbons (Fsp3) is 0.421. The van der Waals surface area contributed by atoms with E-state index in [2.05, 4.69) is 40.1 Å². The number of guanidine groups is 1. The van der Waals surface area contributed by atoms with Crippen LogP contribution in [0.2, 0.25) is 0 Å². The Kier molecular flexibility index (Phi) is 7.76. The molecule has 136 valence electrons. The molecule has 0 radical (unpaired) electrons. The maximum atomic E-state index is 10.4. The molecule has 1 heterocycles. The Balaban J connectivity index is 1.92. The molecule has 2 aromatic rings. The number of aliphatic hydroxyl groups is 1. The van der Waals surface area contributed by atoms with Crippen molar-refractivity contribution in [2.45, 2.75) is 25.9 Å². The second-order valence-corrected chi connectivity index (χ2v) is 6.79. The smallest absolute Gasteiger partial charge is 0.191 e. The first kappa shape index (κ1) is 19.3. The van der Waals surface area contributed by atoms with E-state index in [-0.39, 0.29) is 0 Å². The zero-order valence-corrected chi connectivity index (χ0v) is 15.8. The van der Waals surface area contributed by atoms with Gasteiger partial charge >= 0.3 is 0 Å². The van der Waals surface area contributed by atoms with Crippen LogP contribution in [0.5, 0.6) is 5.75 Å². The molecule has 0 bridgehead atoms. The number of rotatable bonds is 8. The monoisotopic (exact) mass is 361 g/mol. The Morgan fingerprint density at radius 1 is 1.28 bits per heavy atom. The largest absolute Gasteiger partial charge is 0.497 e. The van der Waals surface area contributed by atoms with E-state index in [4.69, 9.17) is 4.74 Å². The molecule has 0 spiro atoms. The zero-order valence-electron chi connectivity index (χ0n) is 15.0. The van der Waals surface area contributed by atoms with Crippen LogP contribution in [0.3, 0.4) is 0 Å². The molecule has 0 aliphatic heterocycles. The van der Waals surface area contributed by atoms with Gasteiger partial charge in [0, 0.05) is 23.9 Å². The Morgan fingerprint density at radius 2 is 2.12 bits per heavy atom. The summed E-state index contributed by atoms with van der Waals surface area (Å²) in [6, 6.07) is 11.7. The molecular weight excluding hydrogens is 334 g/mol. The van der Waals surface area contributed by atoms with E-state index in [1.54, 1.807) is 18.4 Å². The van der Waals surface area contributed by atoms with Gasteiger partial charge in [-0.05, 0) is 36.1 Å². The van der Waals surface area contributed by atoms with E-state index >= 15 is 0 Å². The minimum atomic E-state index is -0.631. The van der Waals surface area contributed by atoms with Crippen molar-refractivity contribution in [3.8, 4) is 5.75 Å². The minimum Gasteiger partial charge on any atom is -0.497 e. The van der Waals surface area contributed by atoms with Gasteiger partial charge in [0.2, 0.25) is 0 Å². The van der Waals surface area contributed by atoms with Gasteiger partial charge in [0.05, 0.1) is 19.8 Å². The number of nitrogens with zero attached hydrogens (tertiary/aromatic N) is 1. The number of ether oxygens (including phenoxy) is 1. The normalized spacial score (nSPS) is 14.0. The van der Waals surface area contributed by atoms with Crippen LogP contribution < -0.4 is 15.4 Å². The number of hydrogen-bond donors (Lipinski definition) is 3. The van der Waals surface area contributed by atoms with Crippen LogP contribution in [0.4, 0.5) is 0 Å². The lowest BCUT2D eigenvalue weighted by Gasteiger charge is -2.16. The van der Waals surface area contributed by atoms with Crippen molar-refractivity contribution in [2.75, 3.05) is 26.7 Å². The number of nitrogens with one attached hydrogen (secondary N) is 2. The summed E-state index contributed by atoms with van der Waals surface area (Å²) in [6.07, 6.45) is -0.631. The molecule has 0 amide bonds. The van der Waals surface area contributed by atoms with Crippen molar-refractivity contribution in [3.05, 3.63) is 52.2 Å². The lowest BCUT2D eigenvalue weighted by Crippen LogP contribution is -2.39. The third-order valence-electron chi connectivity index (χ3n) is 3.84. The van der Waals surface area contributed by atoms with Gasteiger partial charge in [0.1, 0.15) is 5.75 Å².